The molecule has 0 radical (unpaired) electrons. The highest BCUT2D eigenvalue weighted by Gasteiger charge is 2.13. The van der Waals surface area contributed by atoms with Crippen molar-refractivity contribution in [1.29, 1.82) is 0 Å². The Bertz CT molecular complexity index is 168. The molecule has 0 aliphatic heterocycles. The van der Waals surface area contributed by atoms with E-state index in [4.69, 9.17) is 4.74 Å². The minimum Gasteiger partial charge on any atom is -0.446 e. The van der Waals surface area contributed by atoms with Crippen LogP contribution >= 0.6 is 0 Å². The molecule has 13 heavy (non-hydrogen) atoms. The molecular formula is C10H19NO2. The number of rotatable bonds is 5. The molecular weight excluding hydrogens is 166 g/mol. The van der Waals surface area contributed by atoms with Crippen LogP contribution in [0.3, 0.4) is 0 Å². The van der Waals surface area contributed by atoms with Gasteiger partial charge in [-0.05, 0) is 27.7 Å². The van der Waals surface area contributed by atoms with E-state index in [0.29, 0.717) is 18.8 Å². The van der Waals surface area contributed by atoms with Crippen molar-refractivity contribution in [2.75, 3.05) is 6.73 Å². The molecule has 0 heterocycles. The number of hydrogen-bond acceptors (Lipinski definition) is 3. The standard InChI is InChI=1S/C10H19NO2/c1-6-10(12)13-7-11(8(2)3)9(4)5/h6,8-9H,1,7H2,2-5H3. The fourth-order valence-corrected chi connectivity index (χ4v) is 1.09. The van der Waals surface area contributed by atoms with Gasteiger partial charge in [0.25, 0.3) is 0 Å². The first-order valence-corrected chi connectivity index (χ1v) is 4.54. The van der Waals surface area contributed by atoms with Gasteiger partial charge >= 0.3 is 5.97 Å². The summed E-state index contributed by atoms with van der Waals surface area (Å²) in [6.07, 6.45) is 1.18. The maximum absolute atomic E-state index is 10.8. The van der Waals surface area contributed by atoms with E-state index in [1.807, 2.05) is 0 Å². The molecule has 0 spiro atoms. The van der Waals surface area contributed by atoms with E-state index in [-0.39, 0.29) is 5.97 Å². The molecule has 0 saturated heterocycles. The van der Waals surface area contributed by atoms with E-state index in [0.717, 1.165) is 0 Å². The molecule has 0 unspecified atom stereocenters. The maximum Gasteiger partial charge on any atom is 0.331 e. The van der Waals surface area contributed by atoms with Crippen LogP contribution in [0.5, 0.6) is 0 Å². The number of esters is 1. The summed E-state index contributed by atoms with van der Waals surface area (Å²) in [5.41, 5.74) is 0. The Morgan fingerprint density at radius 3 is 2.15 bits per heavy atom. The molecule has 0 N–H and O–H groups in total. The molecule has 0 aliphatic rings. The summed E-state index contributed by atoms with van der Waals surface area (Å²) < 4.78 is 4.94. The second-order valence-corrected chi connectivity index (χ2v) is 3.50. The summed E-state index contributed by atoms with van der Waals surface area (Å²) in [5.74, 6) is -0.369. The topological polar surface area (TPSA) is 29.5 Å². The Labute approximate surface area is 80.4 Å². The number of ether oxygens (including phenoxy) is 1. The fraction of sp³-hybridized carbons (Fsp3) is 0.700. The third kappa shape index (κ3) is 4.68. The van der Waals surface area contributed by atoms with E-state index in [1.165, 1.54) is 6.08 Å². The molecule has 0 aromatic carbocycles. The highest BCUT2D eigenvalue weighted by molar-refractivity contribution is 5.81. The van der Waals surface area contributed by atoms with Gasteiger partial charge < -0.3 is 4.74 Å². The third-order valence-electron chi connectivity index (χ3n) is 1.85. The average Bonchev–Trinajstić information content (AvgIpc) is 2.03. The van der Waals surface area contributed by atoms with Crippen molar-refractivity contribution in [3.63, 3.8) is 0 Å². The molecule has 3 heteroatoms. The van der Waals surface area contributed by atoms with Gasteiger partial charge in [0.15, 0.2) is 0 Å². The molecule has 0 atom stereocenters. The number of hydrogen-bond donors (Lipinski definition) is 0. The summed E-state index contributed by atoms with van der Waals surface area (Å²) in [6, 6.07) is 0.746. The summed E-state index contributed by atoms with van der Waals surface area (Å²) in [7, 11) is 0. The van der Waals surface area contributed by atoms with E-state index in [1.54, 1.807) is 0 Å². The molecule has 0 fully saturated rings. The Morgan fingerprint density at radius 1 is 1.38 bits per heavy atom. The summed E-state index contributed by atoms with van der Waals surface area (Å²) >= 11 is 0. The number of carbonyl (C=O) groups excluding carboxylic acids is 1. The van der Waals surface area contributed by atoms with Crippen molar-refractivity contribution >= 4 is 5.97 Å². The monoisotopic (exact) mass is 185 g/mol. The number of carbonyl (C=O) groups is 1. The van der Waals surface area contributed by atoms with Crippen LogP contribution < -0.4 is 0 Å². The lowest BCUT2D eigenvalue weighted by Crippen LogP contribution is -2.39. The summed E-state index contributed by atoms with van der Waals surface area (Å²) in [5, 5.41) is 0. The number of nitrogens with zero attached hydrogens (tertiary/aromatic N) is 1. The second-order valence-electron chi connectivity index (χ2n) is 3.50. The van der Waals surface area contributed by atoms with Crippen LogP contribution in [0.4, 0.5) is 0 Å². The van der Waals surface area contributed by atoms with Crippen LogP contribution in [-0.2, 0) is 9.53 Å². The Hall–Kier alpha value is -0.830. The van der Waals surface area contributed by atoms with E-state index < -0.39 is 0 Å². The summed E-state index contributed by atoms with van der Waals surface area (Å²) in [6.45, 7) is 12.0. The zero-order valence-electron chi connectivity index (χ0n) is 8.91. The Kier molecular flexibility index (Phi) is 5.39. The minimum atomic E-state index is -0.369. The van der Waals surface area contributed by atoms with Crippen molar-refractivity contribution in [3.8, 4) is 0 Å². The van der Waals surface area contributed by atoms with Crippen LogP contribution in [0.2, 0.25) is 0 Å². The van der Waals surface area contributed by atoms with Gasteiger partial charge in [0.05, 0.1) is 0 Å². The third-order valence-corrected chi connectivity index (χ3v) is 1.85. The first-order valence-electron chi connectivity index (χ1n) is 4.54. The first-order chi connectivity index (χ1) is 5.99. The molecule has 0 saturated carbocycles. The van der Waals surface area contributed by atoms with Crippen LogP contribution in [0.25, 0.3) is 0 Å². The minimum absolute atomic E-state index is 0.334. The van der Waals surface area contributed by atoms with Crippen molar-refractivity contribution in [2.45, 2.75) is 39.8 Å². The van der Waals surface area contributed by atoms with Crippen LogP contribution in [0.1, 0.15) is 27.7 Å². The SMILES string of the molecule is C=CC(=O)OCN(C(C)C)C(C)C. The van der Waals surface area contributed by atoms with Gasteiger partial charge in [-0.25, -0.2) is 4.79 Å². The van der Waals surface area contributed by atoms with Gasteiger partial charge in [0, 0.05) is 18.2 Å². The van der Waals surface area contributed by atoms with E-state index >= 15 is 0 Å². The van der Waals surface area contributed by atoms with Crippen molar-refractivity contribution < 1.29 is 9.53 Å². The van der Waals surface area contributed by atoms with Crippen molar-refractivity contribution in [2.24, 2.45) is 0 Å². The van der Waals surface area contributed by atoms with Crippen LogP contribution in [-0.4, -0.2) is 29.7 Å². The molecule has 0 aromatic heterocycles. The van der Waals surface area contributed by atoms with Crippen molar-refractivity contribution in [3.05, 3.63) is 12.7 Å². The molecule has 3 nitrogen and oxygen atoms in total. The predicted molar refractivity (Wildman–Crippen MR) is 53.3 cm³/mol. The van der Waals surface area contributed by atoms with Gasteiger partial charge in [-0.15, -0.1) is 0 Å². The molecule has 0 aliphatic carbocycles. The molecule has 0 rings (SSSR count). The predicted octanol–water partition coefficient (Wildman–Crippen LogP) is 1.79. The van der Waals surface area contributed by atoms with Crippen LogP contribution in [0, 0.1) is 0 Å². The van der Waals surface area contributed by atoms with Gasteiger partial charge in [-0.3, -0.25) is 4.90 Å². The van der Waals surface area contributed by atoms with Crippen molar-refractivity contribution in [1.82, 2.24) is 4.90 Å². The van der Waals surface area contributed by atoms with Gasteiger partial charge in [-0.2, -0.15) is 0 Å². The Balaban J connectivity index is 3.97. The molecule has 0 amide bonds. The molecule has 0 aromatic rings. The van der Waals surface area contributed by atoms with Gasteiger partial charge in [0.2, 0.25) is 0 Å². The second kappa shape index (κ2) is 5.75. The van der Waals surface area contributed by atoms with Crippen LogP contribution in [0.15, 0.2) is 12.7 Å². The first kappa shape index (κ1) is 12.2. The fourth-order valence-electron chi connectivity index (χ4n) is 1.09. The lowest BCUT2D eigenvalue weighted by atomic mass is 10.2. The van der Waals surface area contributed by atoms with Gasteiger partial charge in [0.1, 0.15) is 6.73 Å². The van der Waals surface area contributed by atoms with E-state index in [9.17, 15) is 4.79 Å². The Morgan fingerprint density at radius 2 is 1.85 bits per heavy atom. The highest BCUT2D eigenvalue weighted by Crippen LogP contribution is 2.04. The molecule has 0 bridgehead atoms. The quantitative estimate of drug-likeness (QED) is 0.371. The zero-order chi connectivity index (χ0) is 10.4. The highest BCUT2D eigenvalue weighted by atomic mass is 16.5. The lowest BCUT2D eigenvalue weighted by Gasteiger charge is -2.29. The molecule has 76 valence electrons. The normalized spacial score (nSPS) is 11.0. The smallest absolute Gasteiger partial charge is 0.331 e. The summed E-state index contributed by atoms with van der Waals surface area (Å²) in [4.78, 5) is 12.9. The lowest BCUT2D eigenvalue weighted by molar-refractivity contribution is -0.144. The zero-order valence-corrected chi connectivity index (χ0v) is 8.91. The average molecular weight is 185 g/mol. The van der Waals surface area contributed by atoms with Gasteiger partial charge in [-0.1, -0.05) is 6.58 Å². The largest absolute Gasteiger partial charge is 0.446 e. The van der Waals surface area contributed by atoms with E-state index in [2.05, 4.69) is 39.2 Å². The maximum atomic E-state index is 10.8.